The number of hydrogen-bond donors (Lipinski definition) is 1. The van der Waals surface area contributed by atoms with Gasteiger partial charge in [-0.1, -0.05) is 84.4 Å². The van der Waals surface area contributed by atoms with Gasteiger partial charge in [0.05, 0.1) is 5.57 Å². The number of benzene rings is 3. The predicted octanol–water partition coefficient (Wildman–Crippen LogP) is 6.45. The molecule has 4 nitrogen and oxygen atoms in total. The van der Waals surface area contributed by atoms with Gasteiger partial charge >= 0.3 is 5.97 Å². The molecule has 1 aliphatic carbocycles. The monoisotopic (exact) mass is 483 g/mol. The number of ether oxygens (including phenoxy) is 1. The molecule has 0 saturated carbocycles. The summed E-state index contributed by atoms with van der Waals surface area (Å²) in [7, 11) is 0. The van der Waals surface area contributed by atoms with Gasteiger partial charge in [-0.25, -0.2) is 4.79 Å². The molecule has 176 valence electrons. The zero-order valence-electron chi connectivity index (χ0n) is 19.5. The molecule has 1 N–H and O–H groups in total. The first-order valence-electron chi connectivity index (χ1n) is 11.8. The lowest BCUT2D eigenvalue weighted by molar-refractivity contribution is -0.140. The van der Waals surface area contributed by atoms with E-state index in [4.69, 9.17) is 16.3 Å². The maximum absolute atomic E-state index is 13.6. The Labute approximate surface area is 210 Å². The summed E-state index contributed by atoms with van der Waals surface area (Å²) in [5.74, 6) is -0.767. The molecule has 0 aromatic heterocycles. The summed E-state index contributed by atoms with van der Waals surface area (Å²) in [4.78, 5) is 27.0. The molecule has 1 heterocycles. The molecule has 0 spiro atoms. The van der Waals surface area contributed by atoms with Crippen LogP contribution in [0.2, 0.25) is 5.02 Å². The van der Waals surface area contributed by atoms with E-state index in [-0.39, 0.29) is 18.3 Å². The second kappa shape index (κ2) is 9.93. The van der Waals surface area contributed by atoms with Crippen molar-refractivity contribution >= 4 is 23.4 Å². The molecule has 0 fully saturated rings. The zero-order valence-corrected chi connectivity index (χ0v) is 20.2. The molecule has 0 bridgehead atoms. The van der Waals surface area contributed by atoms with Crippen LogP contribution in [0, 0.1) is 0 Å². The molecule has 0 amide bonds. The van der Waals surface area contributed by atoms with Crippen LogP contribution >= 0.6 is 11.6 Å². The Morgan fingerprint density at radius 3 is 2.26 bits per heavy atom. The molecule has 35 heavy (non-hydrogen) atoms. The van der Waals surface area contributed by atoms with E-state index in [1.807, 2.05) is 91.9 Å². The highest BCUT2D eigenvalue weighted by Gasteiger charge is 2.41. The smallest absolute Gasteiger partial charge is 0.337 e. The third-order valence-corrected chi connectivity index (χ3v) is 6.99. The van der Waals surface area contributed by atoms with E-state index in [0.717, 1.165) is 28.1 Å². The Kier molecular flexibility index (Phi) is 6.56. The third-order valence-electron chi connectivity index (χ3n) is 6.73. The first-order chi connectivity index (χ1) is 17.0. The Bertz CT molecular complexity index is 1310. The van der Waals surface area contributed by atoms with Crippen molar-refractivity contribution < 1.29 is 14.3 Å². The summed E-state index contributed by atoms with van der Waals surface area (Å²) in [5.41, 5.74) is 5.67. The fourth-order valence-corrected chi connectivity index (χ4v) is 5.19. The van der Waals surface area contributed by atoms with E-state index in [2.05, 4.69) is 5.32 Å². The van der Waals surface area contributed by atoms with Crippen LogP contribution < -0.4 is 5.32 Å². The van der Waals surface area contributed by atoms with Gasteiger partial charge < -0.3 is 10.1 Å². The Morgan fingerprint density at radius 1 is 0.914 bits per heavy atom. The molecule has 3 aromatic carbocycles. The fraction of sp³-hybridized carbons (Fsp3) is 0.200. The molecule has 2 atom stereocenters. The summed E-state index contributed by atoms with van der Waals surface area (Å²) >= 11 is 6.07. The van der Waals surface area contributed by atoms with Crippen molar-refractivity contribution in [3.63, 3.8) is 0 Å². The van der Waals surface area contributed by atoms with Crippen LogP contribution in [0.4, 0.5) is 0 Å². The molecular weight excluding hydrogens is 458 g/mol. The Balaban J connectivity index is 1.49. The topological polar surface area (TPSA) is 55.4 Å². The van der Waals surface area contributed by atoms with Gasteiger partial charge in [0.15, 0.2) is 5.78 Å². The summed E-state index contributed by atoms with van der Waals surface area (Å²) in [5, 5.41) is 4.07. The van der Waals surface area contributed by atoms with Crippen LogP contribution in [0.5, 0.6) is 0 Å². The van der Waals surface area contributed by atoms with E-state index in [0.29, 0.717) is 29.0 Å². The van der Waals surface area contributed by atoms with E-state index in [1.165, 1.54) is 0 Å². The van der Waals surface area contributed by atoms with E-state index in [9.17, 15) is 9.59 Å². The number of ketones is 1. The highest BCUT2D eigenvalue weighted by atomic mass is 35.5. The molecule has 3 aromatic rings. The van der Waals surface area contributed by atoms with E-state index < -0.39 is 11.9 Å². The van der Waals surface area contributed by atoms with Crippen molar-refractivity contribution in [2.45, 2.75) is 38.2 Å². The first kappa shape index (κ1) is 23.1. The lowest BCUT2D eigenvalue weighted by Crippen LogP contribution is -2.36. The minimum atomic E-state index is -0.464. The highest BCUT2D eigenvalue weighted by molar-refractivity contribution is 6.30. The molecule has 0 unspecified atom stereocenters. The van der Waals surface area contributed by atoms with Crippen LogP contribution in [0.15, 0.2) is 107 Å². The molecule has 1 aliphatic heterocycles. The number of nitrogens with one attached hydrogen (secondary N) is 1. The van der Waals surface area contributed by atoms with Crippen molar-refractivity contribution in [2.75, 3.05) is 0 Å². The van der Waals surface area contributed by atoms with Crippen molar-refractivity contribution in [3.05, 3.63) is 129 Å². The maximum atomic E-state index is 13.6. The number of rotatable bonds is 5. The third kappa shape index (κ3) is 4.80. The molecular formula is C30H26ClNO3. The lowest BCUT2D eigenvalue weighted by atomic mass is 9.72. The summed E-state index contributed by atoms with van der Waals surface area (Å²) in [6.45, 7) is 2.06. The van der Waals surface area contributed by atoms with Crippen LogP contribution in [-0.2, 0) is 20.9 Å². The number of allylic oxidation sites excluding steroid dienone is 3. The lowest BCUT2D eigenvalue weighted by Gasteiger charge is -2.36. The van der Waals surface area contributed by atoms with Crippen molar-refractivity contribution in [3.8, 4) is 0 Å². The van der Waals surface area contributed by atoms with Crippen molar-refractivity contribution in [1.29, 1.82) is 0 Å². The highest BCUT2D eigenvalue weighted by Crippen LogP contribution is 2.45. The van der Waals surface area contributed by atoms with Gasteiger partial charge in [0.25, 0.3) is 0 Å². The number of halogens is 1. The van der Waals surface area contributed by atoms with Gasteiger partial charge in [0.1, 0.15) is 6.61 Å². The summed E-state index contributed by atoms with van der Waals surface area (Å²) in [6, 6.07) is 27.0. The minimum absolute atomic E-state index is 0.0495. The molecule has 2 aliphatic rings. The standard InChI is InChI=1S/C30H26ClNO3/c1-19-27(30(34)35-18-20-8-4-2-5-9-20)28(22-10-6-3-7-11-22)29-25(32-19)16-23(17-26(29)33)21-12-14-24(31)15-13-21/h2-15,23,28,32H,16-18H2,1H3/t23-,28+/m1/s1. The molecule has 0 saturated heterocycles. The molecule has 5 heteroatoms. The average molecular weight is 484 g/mol. The van der Waals surface area contributed by atoms with Crippen LogP contribution in [0.3, 0.4) is 0 Å². The second-order valence-corrected chi connectivity index (χ2v) is 9.48. The summed E-state index contributed by atoms with van der Waals surface area (Å²) in [6.07, 6.45) is 1.08. The van der Waals surface area contributed by atoms with Crippen molar-refractivity contribution in [1.82, 2.24) is 5.32 Å². The van der Waals surface area contributed by atoms with Gasteiger partial charge in [-0.2, -0.15) is 0 Å². The first-order valence-corrected chi connectivity index (χ1v) is 12.1. The van der Waals surface area contributed by atoms with Gasteiger partial charge in [-0.3, -0.25) is 4.79 Å². The van der Waals surface area contributed by atoms with Crippen molar-refractivity contribution in [2.24, 2.45) is 0 Å². The SMILES string of the molecule is CC1=C(C(=O)OCc2ccccc2)[C@H](c2ccccc2)C2=C(C[C@@H](c3ccc(Cl)cc3)CC2=O)N1. The normalized spacial score (nSPS) is 19.8. The van der Waals surface area contributed by atoms with E-state index in [1.54, 1.807) is 0 Å². The predicted molar refractivity (Wildman–Crippen MR) is 137 cm³/mol. The largest absolute Gasteiger partial charge is 0.457 e. The van der Waals surface area contributed by atoms with Crippen LogP contribution in [0.1, 0.15) is 48.3 Å². The second-order valence-electron chi connectivity index (χ2n) is 9.04. The maximum Gasteiger partial charge on any atom is 0.337 e. The number of carbonyl (C=O) groups excluding carboxylic acids is 2. The average Bonchev–Trinajstić information content (AvgIpc) is 2.88. The van der Waals surface area contributed by atoms with Gasteiger partial charge in [0.2, 0.25) is 0 Å². The Hall–Kier alpha value is -3.63. The Morgan fingerprint density at radius 2 is 1.57 bits per heavy atom. The van der Waals surface area contributed by atoms with Gasteiger partial charge in [-0.05, 0) is 48.1 Å². The number of hydrogen-bond acceptors (Lipinski definition) is 4. The summed E-state index contributed by atoms with van der Waals surface area (Å²) < 4.78 is 5.72. The quantitative estimate of drug-likeness (QED) is 0.424. The van der Waals surface area contributed by atoms with Gasteiger partial charge in [-0.15, -0.1) is 0 Å². The number of dihydropyridines is 1. The van der Waals surface area contributed by atoms with E-state index >= 15 is 0 Å². The minimum Gasteiger partial charge on any atom is -0.457 e. The zero-order chi connectivity index (χ0) is 24.4. The van der Waals surface area contributed by atoms with Crippen LogP contribution in [-0.4, -0.2) is 11.8 Å². The molecule has 0 radical (unpaired) electrons. The fourth-order valence-electron chi connectivity index (χ4n) is 5.06. The number of Topliss-reactive ketones (excluding diaryl/α,β-unsaturated/α-hetero) is 1. The number of esters is 1. The number of carbonyl (C=O) groups is 2. The van der Waals surface area contributed by atoms with Gasteiger partial charge in [0, 0.05) is 34.3 Å². The van der Waals surface area contributed by atoms with Crippen LogP contribution in [0.25, 0.3) is 0 Å². The molecule has 5 rings (SSSR count).